The number of morpholine rings is 1. The number of hydrogen-bond donors (Lipinski definition) is 1. The average Bonchev–Trinajstić information content (AvgIpc) is 3.01. The molecule has 1 N–H and O–H groups in total. The van der Waals surface area contributed by atoms with Gasteiger partial charge in [-0.25, -0.2) is 4.98 Å². The number of benzene rings is 1. The highest BCUT2D eigenvalue weighted by Crippen LogP contribution is 2.21. The third-order valence-electron chi connectivity index (χ3n) is 4.22. The lowest BCUT2D eigenvalue weighted by Gasteiger charge is -2.34. The first kappa shape index (κ1) is 18.8. The lowest BCUT2D eigenvalue weighted by Crippen LogP contribution is -2.44. The Labute approximate surface area is 158 Å². The second-order valence-electron chi connectivity index (χ2n) is 6.63. The molecular formula is C19H25N3O3S. The Morgan fingerprint density at radius 1 is 1.35 bits per heavy atom. The van der Waals surface area contributed by atoms with Gasteiger partial charge in [-0.15, -0.1) is 11.3 Å². The fourth-order valence-electron chi connectivity index (χ4n) is 3.27. The second-order valence-corrected chi connectivity index (χ2v) is 7.49. The first-order valence-electron chi connectivity index (χ1n) is 8.77. The van der Waals surface area contributed by atoms with E-state index in [2.05, 4.69) is 29.0 Å². The molecular weight excluding hydrogens is 350 g/mol. The topological polar surface area (TPSA) is 63.7 Å². The van der Waals surface area contributed by atoms with Gasteiger partial charge in [0.1, 0.15) is 5.75 Å². The van der Waals surface area contributed by atoms with Crippen LogP contribution in [0.25, 0.3) is 0 Å². The molecule has 26 heavy (non-hydrogen) atoms. The van der Waals surface area contributed by atoms with Gasteiger partial charge in [0, 0.05) is 30.6 Å². The fourth-order valence-corrected chi connectivity index (χ4v) is 3.98. The van der Waals surface area contributed by atoms with Gasteiger partial charge in [0.15, 0.2) is 5.13 Å². The molecule has 0 aliphatic carbocycles. The molecule has 3 rings (SSSR count). The van der Waals surface area contributed by atoms with Gasteiger partial charge in [-0.2, -0.15) is 0 Å². The summed E-state index contributed by atoms with van der Waals surface area (Å²) in [6.45, 7) is 6.76. The summed E-state index contributed by atoms with van der Waals surface area (Å²) >= 11 is 1.46. The highest BCUT2D eigenvalue weighted by atomic mass is 32.1. The molecule has 2 aromatic rings. The lowest BCUT2D eigenvalue weighted by molar-refractivity contribution is -0.115. The van der Waals surface area contributed by atoms with Crippen molar-refractivity contribution in [2.45, 2.75) is 39.0 Å². The minimum atomic E-state index is -0.0935. The van der Waals surface area contributed by atoms with Crippen molar-refractivity contribution in [3.05, 3.63) is 40.9 Å². The summed E-state index contributed by atoms with van der Waals surface area (Å²) in [5.74, 6) is 0.627. The van der Waals surface area contributed by atoms with Crippen LogP contribution in [0.1, 0.15) is 25.1 Å². The summed E-state index contributed by atoms with van der Waals surface area (Å²) in [7, 11) is 1.61. The number of carbonyl (C=O) groups excluding carboxylic acids is 1. The maximum atomic E-state index is 12.3. The minimum absolute atomic E-state index is 0.0935. The SMILES string of the molecule is COc1ccccc1CC(=O)Nc1nc(CN2CC(C)OC(C)C2)cs1. The molecule has 0 spiro atoms. The van der Waals surface area contributed by atoms with E-state index >= 15 is 0 Å². The van der Waals surface area contributed by atoms with Gasteiger partial charge in [0.25, 0.3) is 0 Å². The summed E-state index contributed by atoms with van der Waals surface area (Å²) in [6, 6.07) is 7.54. The molecule has 0 radical (unpaired) electrons. The quantitative estimate of drug-likeness (QED) is 0.841. The fraction of sp³-hybridized carbons (Fsp3) is 0.474. The molecule has 1 amide bonds. The molecule has 1 saturated heterocycles. The molecule has 0 bridgehead atoms. The molecule has 1 aliphatic rings. The molecule has 6 nitrogen and oxygen atoms in total. The first-order chi connectivity index (χ1) is 12.5. The van der Waals surface area contributed by atoms with E-state index in [4.69, 9.17) is 9.47 Å². The third kappa shape index (κ3) is 5.03. The maximum Gasteiger partial charge on any atom is 0.230 e. The molecule has 2 unspecified atom stereocenters. The smallest absolute Gasteiger partial charge is 0.230 e. The van der Waals surface area contributed by atoms with Crippen molar-refractivity contribution in [3.63, 3.8) is 0 Å². The predicted octanol–water partition coefficient (Wildman–Crippen LogP) is 2.94. The van der Waals surface area contributed by atoms with E-state index in [1.54, 1.807) is 7.11 Å². The van der Waals surface area contributed by atoms with E-state index in [1.165, 1.54) is 11.3 Å². The van der Waals surface area contributed by atoms with Crippen molar-refractivity contribution < 1.29 is 14.3 Å². The summed E-state index contributed by atoms with van der Waals surface area (Å²) < 4.78 is 11.1. The Bertz CT molecular complexity index is 739. The van der Waals surface area contributed by atoms with Crippen LogP contribution in [0.15, 0.2) is 29.6 Å². The summed E-state index contributed by atoms with van der Waals surface area (Å²) in [4.78, 5) is 19.2. The van der Waals surface area contributed by atoms with Gasteiger partial charge >= 0.3 is 0 Å². The highest BCUT2D eigenvalue weighted by molar-refractivity contribution is 7.13. The molecule has 1 fully saturated rings. The largest absolute Gasteiger partial charge is 0.496 e. The van der Waals surface area contributed by atoms with Crippen LogP contribution in [-0.2, 0) is 22.5 Å². The Kier molecular flexibility index (Phi) is 6.24. The molecule has 140 valence electrons. The van der Waals surface area contributed by atoms with Crippen LogP contribution in [0, 0.1) is 0 Å². The number of rotatable bonds is 6. The van der Waals surface area contributed by atoms with Crippen LogP contribution in [0.5, 0.6) is 5.75 Å². The summed E-state index contributed by atoms with van der Waals surface area (Å²) in [6.07, 6.45) is 0.729. The third-order valence-corrected chi connectivity index (χ3v) is 5.03. The number of thiazole rings is 1. The highest BCUT2D eigenvalue weighted by Gasteiger charge is 2.22. The zero-order chi connectivity index (χ0) is 18.5. The van der Waals surface area contributed by atoms with Gasteiger partial charge in [0.2, 0.25) is 5.91 Å². The number of nitrogens with zero attached hydrogens (tertiary/aromatic N) is 2. The number of ether oxygens (including phenoxy) is 2. The molecule has 1 aromatic carbocycles. The Hall–Kier alpha value is -1.96. The van der Waals surface area contributed by atoms with E-state index in [1.807, 2.05) is 29.6 Å². The van der Waals surface area contributed by atoms with E-state index in [-0.39, 0.29) is 24.5 Å². The maximum absolute atomic E-state index is 12.3. The lowest BCUT2D eigenvalue weighted by atomic mass is 10.1. The number of hydrogen-bond acceptors (Lipinski definition) is 6. The average molecular weight is 375 g/mol. The number of nitrogens with one attached hydrogen (secondary N) is 1. The van der Waals surface area contributed by atoms with Crippen LogP contribution in [-0.4, -0.2) is 48.2 Å². The van der Waals surface area contributed by atoms with Crippen LogP contribution in [0.2, 0.25) is 0 Å². The van der Waals surface area contributed by atoms with Gasteiger partial charge in [-0.05, 0) is 19.9 Å². The van der Waals surface area contributed by atoms with Crippen molar-refractivity contribution in [1.82, 2.24) is 9.88 Å². The van der Waals surface area contributed by atoms with Gasteiger partial charge in [0.05, 0.1) is 31.4 Å². The van der Waals surface area contributed by atoms with Crippen LogP contribution < -0.4 is 10.1 Å². The first-order valence-corrected chi connectivity index (χ1v) is 9.65. The standard InChI is InChI=1S/C19H25N3O3S/c1-13-9-22(10-14(2)25-13)11-16-12-26-19(20-16)21-18(23)8-15-6-4-5-7-17(15)24-3/h4-7,12-14H,8-11H2,1-3H3,(H,20,21,23). The zero-order valence-corrected chi connectivity index (χ0v) is 16.2. The molecule has 2 atom stereocenters. The Morgan fingerprint density at radius 3 is 2.81 bits per heavy atom. The van der Waals surface area contributed by atoms with Crippen LogP contribution in [0.3, 0.4) is 0 Å². The van der Waals surface area contributed by atoms with Gasteiger partial charge in [-0.3, -0.25) is 9.69 Å². The number of anilines is 1. The normalized spacial score (nSPS) is 20.7. The number of carbonyl (C=O) groups is 1. The molecule has 2 heterocycles. The number of methoxy groups -OCH3 is 1. The van der Waals surface area contributed by atoms with Crippen molar-refractivity contribution >= 4 is 22.4 Å². The van der Waals surface area contributed by atoms with Crippen molar-refractivity contribution in [1.29, 1.82) is 0 Å². The molecule has 0 saturated carbocycles. The zero-order valence-electron chi connectivity index (χ0n) is 15.4. The Balaban J connectivity index is 1.55. The predicted molar refractivity (Wildman–Crippen MR) is 103 cm³/mol. The van der Waals surface area contributed by atoms with E-state index in [0.717, 1.165) is 36.6 Å². The van der Waals surface area contributed by atoms with Gasteiger partial charge < -0.3 is 14.8 Å². The van der Waals surface area contributed by atoms with Crippen molar-refractivity contribution in [3.8, 4) is 5.75 Å². The number of aromatic nitrogens is 1. The van der Waals surface area contributed by atoms with E-state index in [0.29, 0.717) is 5.13 Å². The monoisotopic (exact) mass is 375 g/mol. The molecule has 1 aromatic heterocycles. The number of para-hydroxylation sites is 1. The second kappa shape index (κ2) is 8.62. The number of amides is 1. The van der Waals surface area contributed by atoms with E-state index < -0.39 is 0 Å². The van der Waals surface area contributed by atoms with E-state index in [9.17, 15) is 4.79 Å². The van der Waals surface area contributed by atoms with Crippen molar-refractivity contribution in [2.24, 2.45) is 0 Å². The van der Waals surface area contributed by atoms with Crippen molar-refractivity contribution in [2.75, 3.05) is 25.5 Å². The summed E-state index contributed by atoms with van der Waals surface area (Å²) in [5.41, 5.74) is 1.84. The molecule has 1 aliphatic heterocycles. The molecule has 7 heteroatoms. The van der Waals surface area contributed by atoms with Crippen LogP contribution >= 0.6 is 11.3 Å². The van der Waals surface area contributed by atoms with Crippen LogP contribution in [0.4, 0.5) is 5.13 Å². The summed E-state index contributed by atoms with van der Waals surface area (Å²) in [5, 5.41) is 5.52. The Morgan fingerprint density at radius 2 is 2.08 bits per heavy atom. The minimum Gasteiger partial charge on any atom is -0.496 e. The van der Waals surface area contributed by atoms with Gasteiger partial charge in [-0.1, -0.05) is 18.2 Å².